The molecule has 2 amide bonds. The monoisotopic (exact) mass is 364 g/mol. The van der Waals surface area contributed by atoms with Crippen molar-refractivity contribution < 1.29 is 23.5 Å². The van der Waals surface area contributed by atoms with E-state index in [0.717, 1.165) is 6.42 Å². The predicted molar refractivity (Wildman–Crippen MR) is 95.6 cm³/mol. The number of furan rings is 1. The van der Waals surface area contributed by atoms with Gasteiger partial charge >= 0.3 is 0 Å². The summed E-state index contributed by atoms with van der Waals surface area (Å²) in [5, 5.41) is 5.60. The van der Waals surface area contributed by atoms with Gasteiger partial charge in [-0.05, 0) is 24.3 Å². The minimum atomic E-state index is -0.745. The van der Waals surface area contributed by atoms with E-state index in [9.17, 15) is 14.4 Å². The van der Waals surface area contributed by atoms with E-state index in [0.29, 0.717) is 18.6 Å². The second kappa shape index (κ2) is 8.49. The van der Waals surface area contributed by atoms with Crippen LogP contribution in [0.4, 0.5) is 0 Å². The lowest BCUT2D eigenvalue weighted by molar-refractivity contribution is -0.138. The van der Waals surface area contributed by atoms with Crippen molar-refractivity contribution in [3.63, 3.8) is 0 Å². The molecule has 144 valence electrons. The maximum absolute atomic E-state index is 12.9. The molecule has 1 saturated heterocycles. The van der Waals surface area contributed by atoms with Gasteiger partial charge in [-0.2, -0.15) is 0 Å². The SMILES string of the molecule is CCC1COCC(=O)C1NC(=O)[C@H](CC(C)(C)C)NC(=O)c1ccoc1. The number of rotatable bonds is 6. The van der Waals surface area contributed by atoms with Gasteiger partial charge in [0.05, 0.1) is 24.5 Å². The third-order valence-electron chi connectivity index (χ3n) is 4.44. The molecule has 1 aliphatic rings. The Balaban J connectivity index is 2.11. The number of ketones is 1. The van der Waals surface area contributed by atoms with Crippen LogP contribution in [0.1, 0.15) is 50.9 Å². The summed E-state index contributed by atoms with van der Waals surface area (Å²) in [6.07, 6.45) is 3.90. The van der Waals surface area contributed by atoms with Crippen LogP contribution in [0.2, 0.25) is 0 Å². The minimum absolute atomic E-state index is 0.00671. The lowest BCUT2D eigenvalue weighted by atomic mass is 9.87. The average Bonchev–Trinajstić information content (AvgIpc) is 3.09. The maximum atomic E-state index is 12.9. The molecule has 2 unspecified atom stereocenters. The average molecular weight is 364 g/mol. The normalized spacial score (nSPS) is 21.9. The summed E-state index contributed by atoms with van der Waals surface area (Å²) in [4.78, 5) is 37.4. The van der Waals surface area contributed by atoms with E-state index in [1.54, 1.807) is 0 Å². The van der Waals surface area contributed by atoms with Crippen LogP contribution >= 0.6 is 0 Å². The van der Waals surface area contributed by atoms with Gasteiger partial charge in [0.15, 0.2) is 5.78 Å². The zero-order valence-electron chi connectivity index (χ0n) is 15.8. The summed E-state index contributed by atoms with van der Waals surface area (Å²) >= 11 is 0. The molecule has 1 aromatic rings. The van der Waals surface area contributed by atoms with Crippen LogP contribution in [0.25, 0.3) is 0 Å². The Morgan fingerprint density at radius 1 is 1.35 bits per heavy atom. The highest BCUT2D eigenvalue weighted by molar-refractivity contribution is 5.98. The molecule has 0 aromatic carbocycles. The summed E-state index contributed by atoms with van der Waals surface area (Å²) in [6.45, 7) is 8.38. The van der Waals surface area contributed by atoms with E-state index in [2.05, 4.69) is 10.6 Å². The fourth-order valence-electron chi connectivity index (χ4n) is 3.02. The van der Waals surface area contributed by atoms with Gasteiger partial charge in [-0.15, -0.1) is 0 Å². The molecule has 2 rings (SSSR count). The van der Waals surface area contributed by atoms with E-state index < -0.39 is 12.1 Å². The number of ether oxygens (including phenoxy) is 1. The first kappa shape index (κ1) is 20.2. The molecule has 2 N–H and O–H groups in total. The van der Waals surface area contributed by atoms with Crippen molar-refractivity contribution in [1.29, 1.82) is 0 Å². The van der Waals surface area contributed by atoms with Gasteiger partial charge in [-0.25, -0.2) is 0 Å². The molecular weight excluding hydrogens is 336 g/mol. The first-order valence-electron chi connectivity index (χ1n) is 8.95. The zero-order valence-corrected chi connectivity index (χ0v) is 15.8. The number of hydrogen-bond acceptors (Lipinski definition) is 5. The van der Waals surface area contributed by atoms with Gasteiger partial charge in [0.25, 0.3) is 5.91 Å². The Bertz CT molecular complexity index is 633. The summed E-state index contributed by atoms with van der Waals surface area (Å²) in [5.41, 5.74) is 0.167. The molecule has 1 fully saturated rings. The van der Waals surface area contributed by atoms with E-state index in [4.69, 9.17) is 9.15 Å². The van der Waals surface area contributed by atoms with Gasteiger partial charge in [-0.1, -0.05) is 27.7 Å². The topological polar surface area (TPSA) is 97.6 Å². The van der Waals surface area contributed by atoms with Gasteiger partial charge < -0.3 is 19.8 Å². The van der Waals surface area contributed by atoms with E-state index in [1.165, 1.54) is 18.6 Å². The number of carbonyl (C=O) groups is 3. The molecule has 0 radical (unpaired) electrons. The Morgan fingerprint density at radius 3 is 2.65 bits per heavy atom. The first-order valence-corrected chi connectivity index (χ1v) is 8.95. The van der Waals surface area contributed by atoms with Crippen LogP contribution in [0, 0.1) is 11.3 Å². The molecule has 1 aliphatic heterocycles. The lowest BCUT2D eigenvalue weighted by Crippen LogP contribution is -2.57. The highest BCUT2D eigenvalue weighted by Gasteiger charge is 2.35. The molecule has 7 heteroatoms. The molecule has 0 spiro atoms. The Morgan fingerprint density at radius 2 is 2.08 bits per heavy atom. The van der Waals surface area contributed by atoms with Crippen LogP contribution < -0.4 is 10.6 Å². The van der Waals surface area contributed by atoms with E-state index in [1.807, 2.05) is 27.7 Å². The zero-order chi connectivity index (χ0) is 19.3. The third kappa shape index (κ3) is 5.42. The largest absolute Gasteiger partial charge is 0.472 e. The molecule has 7 nitrogen and oxygen atoms in total. The predicted octanol–water partition coefficient (Wildman–Crippen LogP) is 1.92. The van der Waals surface area contributed by atoms with E-state index >= 15 is 0 Å². The molecule has 0 saturated carbocycles. The van der Waals surface area contributed by atoms with Gasteiger partial charge in [0, 0.05) is 5.92 Å². The second-order valence-corrected chi connectivity index (χ2v) is 7.94. The Hall–Kier alpha value is -2.15. The summed E-state index contributed by atoms with van der Waals surface area (Å²) < 4.78 is 10.2. The minimum Gasteiger partial charge on any atom is -0.472 e. The van der Waals surface area contributed by atoms with Crippen LogP contribution in [-0.2, 0) is 14.3 Å². The van der Waals surface area contributed by atoms with Gasteiger partial charge in [0.2, 0.25) is 5.91 Å². The highest BCUT2D eigenvalue weighted by atomic mass is 16.5. The Labute approximate surface area is 153 Å². The summed E-state index contributed by atoms with van der Waals surface area (Å²) in [7, 11) is 0. The number of hydrogen-bond donors (Lipinski definition) is 2. The van der Waals surface area contributed by atoms with Crippen molar-refractivity contribution in [1.82, 2.24) is 10.6 Å². The number of carbonyl (C=O) groups excluding carboxylic acids is 3. The molecule has 0 bridgehead atoms. The van der Waals surface area contributed by atoms with Crippen molar-refractivity contribution in [2.75, 3.05) is 13.2 Å². The van der Waals surface area contributed by atoms with Crippen LogP contribution in [0.3, 0.4) is 0 Å². The standard InChI is InChI=1S/C19H28N2O5/c1-5-12-9-26-11-15(22)16(12)21-18(24)14(8-19(2,3)4)20-17(23)13-6-7-25-10-13/h6-7,10,12,14,16H,5,8-9,11H2,1-4H3,(H,20,23)(H,21,24)/t12?,14-,16?/m0/s1. The van der Waals surface area contributed by atoms with Crippen molar-refractivity contribution in [2.24, 2.45) is 11.3 Å². The maximum Gasteiger partial charge on any atom is 0.255 e. The molecule has 1 aromatic heterocycles. The van der Waals surface area contributed by atoms with Crippen LogP contribution in [0.15, 0.2) is 23.0 Å². The molecule has 0 aliphatic carbocycles. The fourth-order valence-corrected chi connectivity index (χ4v) is 3.02. The summed E-state index contributed by atoms with van der Waals surface area (Å²) in [6, 6.07) is 0.219. The quantitative estimate of drug-likeness (QED) is 0.804. The van der Waals surface area contributed by atoms with Crippen molar-refractivity contribution in [2.45, 2.75) is 52.6 Å². The van der Waals surface area contributed by atoms with Crippen molar-refractivity contribution in [3.05, 3.63) is 24.2 Å². The number of Topliss-reactive ketones (excluding diaryl/α,β-unsaturated/α-hetero) is 1. The van der Waals surface area contributed by atoms with Crippen LogP contribution in [-0.4, -0.2) is 42.9 Å². The van der Waals surface area contributed by atoms with Crippen LogP contribution in [0.5, 0.6) is 0 Å². The fraction of sp³-hybridized carbons (Fsp3) is 0.632. The molecule has 3 atom stereocenters. The van der Waals surface area contributed by atoms with Gasteiger partial charge in [0.1, 0.15) is 18.9 Å². The molecule has 26 heavy (non-hydrogen) atoms. The van der Waals surface area contributed by atoms with Crippen molar-refractivity contribution >= 4 is 17.6 Å². The first-order chi connectivity index (χ1) is 12.2. The highest BCUT2D eigenvalue weighted by Crippen LogP contribution is 2.22. The molecular formula is C19H28N2O5. The molecule has 2 heterocycles. The van der Waals surface area contributed by atoms with E-state index in [-0.39, 0.29) is 35.5 Å². The second-order valence-electron chi connectivity index (χ2n) is 7.94. The number of amides is 2. The lowest BCUT2D eigenvalue weighted by Gasteiger charge is -2.32. The number of nitrogens with one attached hydrogen (secondary N) is 2. The third-order valence-corrected chi connectivity index (χ3v) is 4.44. The summed E-state index contributed by atoms with van der Waals surface area (Å²) in [5.74, 6) is -0.920. The Kier molecular flexibility index (Phi) is 6.58. The van der Waals surface area contributed by atoms with Gasteiger partial charge in [-0.3, -0.25) is 14.4 Å². The van der Waals surface area contributed by atoms with Crippen molar-refractivity contribution in [3.8, 4) is 0 Å². The smallest absolute Gasteiger partial charge is 0.255 e.